The van der Waals surface area contributed by atoms with E-state index in [2.05, 4.69) is 48.0 Å². The van der Waals surface area contributed by atoms with Crippen molar-refractivity contribution >= 4 is 5.57 Å². The topological polar surface area (TPSA) is 60.3 Å². The number of aryl methyl sites for hydroxylation is 1. The van der Waals surface area contributed by atoms with Crippen LogP contribution in [0.15, 0.2) is 47.7 Å². The third-order valence-corrected chi connectivity index (χ3v) is 5.89. The molecule has 1 aromatic rings. The van der Waals surface area contributed by atoms with Crippen molar-refractivity contribution in [3.63, 3.8) is 0 Å². The van der Waals surface area contributed by atoms with Crippen molar-refractivity contribution in [2.45, 2.75) is 38.3 Å². The first-order valence-corrected chi connectivity index (χ1v) is 10.1. The van der Waals surface area contributed by atoms with Crippen molar-refractivity contribution in [3.05, 3.63) is 64.4 Å². The standard InChI is InChI=1S/C23H28N4O/c1-16-9-17(14-24)11-19(10-16)20-12-18-3-6-25-15-22(18)23(13-20)26-21-4-7-27(28-2)8-5-21/h3,9-12,15,21,23,25-26H,4-8,13H2,1-2H3. The van der Waals surface area contributed by atoms with E-state index in [1.165, 1.54) is 16.7 Å². The van der Waals surface area contributed by atoms with Gasteiger partial charge in [-0.15, -0.1) is 0 Å². The van der Waals surface area contributed by atoms with Gasteiger partial charge < -0.3 is 15.5 Å². The van der Waals surface area contributed by atoms with Crippen molar-refractivity contribution in [2.75, 3.05) is 26.7 Å². The maximum Gasteiger partial charge on any atom is 0.0991 e. The molecule has 1 aliphatic carbocycles. The average molecular weight is 377 g/mol. The summed E-state index contributed by atoms with van der Waals surface area (Å²) in [6, 6.07) is 9.22. The number of nitrogens with one attached hydrogen (secondary N) is 2. The Morgan fingerprint density at radius 1 is 1.25 bits per heavy atom. The lowest BCUT2D eigenvalue weighted by molar-refractivity contribution is -0.144. The molecule has 0 amide bonds. The molecule has 0 saturated carbocycles. The van der Waals surface area contributed by atoms with Crippen LogP contribution in [-0.2, 0) is 4.84 Å². The molecule has 5 nitrogen and oxygen atoms in total. The molecule has 1 unspecified atom stereocenters. The fourth-order valence-corrected chi connectivity index (χ4v) is 4.43. The summed E-state index contributed by atoms with van der Waals surface area (Å²) in [7, 11) is 1.75. The Kier molecular flexibility index (Phi) is 5.63. The summed E-state index contributed by atoms with van der Waals surface area (Å²) in [6.45, 7) is 4.85. The Hall–Kier alpha value is -2.39. The summed E-state index contributed by atoms with van der Waals surface area (Å²) < 4.78 is 0. The van der Waals surface area contributed by atoms with E-state index in [1.54, 1.807) is 7.11 Å². The Morgan fingerprint density at radius 3 is 2.82 bits per heavy atom. The van der Waals surface area contributed by atoms with Crippen LogP contribution in [-0.4, -0.2) is 43.9 Å². The van der Waals surface area contributed by atoms with Gasteiger partial charge in [-0.25, -0.2) is 0 Å². The number of nitrogens with zero attached hydrogens (tertiary/aromatic N) is 2. The minimum absolute atomic E-state index is 0.282. The van der Waals surface area contributed by atoms with E-state index in [0.717, 1.165) is 55.6 Å². The van der Waals surface area contributed by atoms with Gasteiger partial charge in [-0.3, -0.25) is 0 Å². The molecule has 146 valence electrons. The normalized spacial score (nSPS) is 23.0. The van der Waals surface area contributed by atoms with Gasteiger partial charge >= 0.3 is 0 Å². The van der Waals surface area contributed by atoms with E-state index in [-0.39, 0.29) is 6.04 Å². The van der Waals surface area contributed by atoms with Gasteiger partial charge in [0.2, 0.25) is 0 Å². The summed E-state index contributed by atoms with van der Waals surface area (Å²) >= 11 is 0. The second-order valence-corrected chi connectivity index (χ2v) is 7.85. The Bertz CT molecular complexity index is 869. The molecule has 2 heterocycles. The maximum atomic E-state index is 9.36. The maximum absolute atomic E-state index is 9.36. The third-order valence-electron chi connectivity index (χ3n) is 5.89. The van der Waals surface area contributed by atoms with Gasteiger partial charge in [0.1, 0.15) is 0 Å². The number of benzene rings is 1. The summed E-state index contributed by atoms with van der Waals surface area (Å²) in [6.07, 6.45) is 9.84. The molecule has 0 bridgehead atoms. The Labute approximate surface area is 167 Å². The molecule has 0 radical (unpaired) electrons. The highest BCUT2D eigenvalue weighted by Gasteiger charge is 2.29. The smallest absolute Gasteiger partial charge is 0.0991 e. The lowest BCUT2D eigenvalue weighted by atomic mass is 9.81. The SMILES string of the molecule is CON1CCC(NC2CC(c3cc(C)cc(C#N)c3)=CC3=CCNC=C32)CC1. The first kappa shape index (κ1) is 18.9. The Morgan fingerprint density at radius 2 is 2.07 bits per heavy atom. The second-order valence-electron chi connectivity index (χ2n) is 7.85. The highest BCUT2D eigenvalue weighted by Crippen LogP contribution is 2.35. The molecule has 3 aliphatic rings. The monoisotopic (exact) mass is 376 g/mol. The predicted octanol–water partition coefficient (Wildman–Crippen LogP) is 3.05. The molecule has 2 N–H and O–H groups in total. The zero-order valence-corrected chi connectivity index (χ0v) is 16.7. The van der Waals surface area contributed by atoms with E-state index < -0.39 is 0 Å². The molecule has 0 spiro atoms. The lowest BCUT2D eigenvalue weighted by Gasteiger charge is -2.37. The predicted molar refractivity (Wildman–Crippen MR) is 111 cm³/mol. The highest BCUT2D eigenvalue weighted by molar-refractivity contribution is 5.75. The molecule has 1 fully saturated rings. The average Bonchev–Trinajstić information content (AvgIpc) is 2.73. The first-order chi connectivity index (χ1) is 13.7. The molecule has 0 aromatic heterocycles. The molecular weight excluding hydrogens is 348 g/mol. The number of hydroxylamine groups is 2. The minimum Gasteiger partial charge on any atom is -0.387 e. The summed E-state index contributed by atoms with van der Waals surface area (Å²) in [4.78, 5) is 5.36. The van der Waals surface area contributed by atoms with Crippen LogP contribution in [0.2, 0.25) is 0 Å². The van der Waals surface area contributed by atoms with E-state index in [0.29, 0.717) is 6.04 Å². The van der Waals surface area contributed by atoms with Gasteiger partial charge in [0, 0.05) is 37.9 Å². The summed E-state index contributed by atoms with van der Waals surface area (Å²) in [5.74, 6) is 0. The minimum atomic E-state index is 0.282. The summed E-state index contributed by atoms with van der Waals surface area (Å²) in [5.41, 5.74) is 6.97. The van der Waals surface area contributed by atoms with E-state index >= 15 is 0 Å². The largest absolute Gasteiger partial charge is 0.387 e. The number of rotatable bonds is 4. The van der Waals surface area contributed by atoms with Crippen LogP contribution in [0.1, 0.15) is 36.0 Å². The fraction of sp³-hybridized carbons (Fsp3) is 0.435. The molecule has 4 rings (SSSR count). The molecule has 1 saturated heterocycles. The Balaban J connectivity index is 1.58. The van der Waals surface area contributed by atoms with Crippen molar-refractivity contribution in [1.29, 1.82) is 5.26 Å². The molecule has 1 atom stereocenters. The molecule has 1 aromatic carbocycles. The third kappa shape index (κ3) is 4.05. The van der Waals surface area contributed by atoms with Gasteiger partial charge in [0.15, 0.2) is 0 Å². The number of piperidine rings is 1. The van der Waals surface area contributed by atoms with Crippen LogP contribution in [0.5, 0.6) is 0 Å². The van der Waals surface area contributed by atoms with Crippen molar-refractivity contribution in [1.82, 2.24) is 15.7 Å². The van der Waals surface area contributed by atoms with Crippen LogP contribution in [0.3, 0.4) is 0 Å². The second kappa shape index (κ2) is 8.32. The first-order valence-electron chi connectivity index (χ1n) is 10.1. The summed E-state index contributed by atoms with van der Waals surface area (Å²) in [5, 5.41) is 18.7. The van der Waals surface area contributed by atoms with Gasteiger partial charge in [-0.2, -0.15) is 10.3 Å². The van der Waals surface area contributed by atoms with Crippen LogP contribution >= 0.6 is 0 Å². The number of hydrogen-bond donors (Lipinski definition) is 2. The van der Waals surface area contributed by atoms with E-state index in [9.17, 15) is 5.26 Å². The van der Waals surface area contributed by atoms with Crippen LogP contribution in [0.25, 0.3) is 5.57 Å². The van der Waals surface area contributed by atoms with Crippen molar-refractivity contribution in [2.24, 2.45) is 0 Å². The highest BCUT2D eigenvalue weighted by atomic mass is 16.7. The lowest BCUT2D eigenvalue weighted by Crippen LogP contribution is -2.47. The number of dihydropyridines is 1. The number of nitriles is 1. The van der Waals surface area contributed by atoms with Gasteiger partial charge in [0.05, 0.1) is 18.7 Å². The number of fused-ring (bicyclic) bond motifs is 1. The van der Waals surface area contributed by atoms with Crippen molar-refractivity contribution in [3.8, 4) is 6.07 Å². The van der Waals surface area contributed by atoms with Crippen LogP contribution in [0.4, 0.5) is 0 Å². The van der Waals surface area contributed by atoms with Crippen LogP contribution < -0.4 is 10.6 Å². The van der Waals surface area contributed by atoms with Crippen LogP contribution in [0, 0.1) is 18.3 Å². The quantitative estimate of drug-likeness (QED) is 0.846. The molecule has 28 heavy (non-hydrogen) atoms. The van der Waals surface area contributed by atoms with Gasteiger partial charge in [0.25, 0.3) is 0 Å². The zero-order chi connectivity index (χ0) is 19.5. The van der Waals surface area contributed by atoms with Gasteiger partial charge in [-0.05, 0) is 66.2 Å². The fourth-order valence-electron chi connectivity index (χ4n) is 4.43. The molecular formula is C23H28N4O. The zero-order valence-electron chi connectivity index (χ0n) is 16.7. The van der Waals surface area contributed by atoms with E-state index in [1.807, 2.05) is 17.2 Å². The van der Waals surface area contributed by atoms with Crippen molar-refractivity contribution < 1.29 is 4.84 Å². The van der Waals surface area contributed by atoms with Gasteiger partial charge in [-0.1, -0.05) is 18.2 Å². The molecule has 2 aliphatic heterocycles. The molecule has 5 heteroatoms. The number of allylic oxidation sites excluding steroid dienone is 1. The van der Waals surface area contributed by atoms with E-state index in [4.69, 9.17) is 4.84 Å². The number of hydrogen-bond acceptors (Lipinski definition) is 5.